The molecule has 10 heteroatoms. The molecule has 1 aromatic heterocycles. The highest BCUT2D eigenvalue weighted by atomic mass is 16.6. The number of hydrogen-bond donors (Lipinski definition) is 3. The smallest absolute Gasteiger partial charge is 0.300 e. The number of nitrogens with zero attached hydrogens (tertiary/aromatic N) is 2. The Morgan fingerprint density at radius 1 is 1.30 bits per heavy atom. The summed E-state index contributed by atoms with van der Waals surface area (Å²) >= 11 is 0. The Balaban J connectivity index is 0.000000828. The number of aryl methyl sites for hydroxylation is 2. The summed E-state index contributed by atoms with van der Waals surface area (Å²) in [6, 6.07) is 6.35. The number of carboxylic acids is 1. The number of rotatable bonds is 6. The van der Waals surface area contributed by atoms with Crippen LogP contribution in [0.4, 0.5) is 11.5 Å². The highest BCUT2D eigenvalue weighted by Gasteiger charge is 2.22. The standard InChI is InChI=1S/C15H16N4O4.C2H4O2/c1-9-8-18(2)15(17-7-12(20)14(16)21)13(9)10-5-3-4-6-11(10)19(22)23;1-2(3)4/h3-6,8,17H,7H2,1-2H3,(H2,16,21);1H3,(H,3,4). The van der Waals surface area contributed by atoms with Gasteiger partial charge in [-0.05, 0) is 18.6 Å². The van der Waals surface area contributed by atoms with E-state index in [0.29, 0.717) is 16.9 Å². The number of nitro benzene ring substituents is 1. The monoisotopic (exact) mass is 376 g/mol. The predicted molar refractivity (Wildman–Crippen MR) is 98.2 cm³/mol. The molecule has 0 atom stereocenters. The molecule has 0 aliphatic carbocycles. The van der Waals surface area contributed by atoms with Crippen LogP contribution in [0.3, 0.4) is 0 Å². The maximum Gasteiger partial charge on any atom is 0.300 e. The van der Waals surface area contributed by atoms with Gasteiger partial charge in [-0.25, -0.2) is 0 Å². The molecule has 0 spiro atoms. The number of Topliss-reactive ketones (excluding diaryl/α,β-unsaturated/α-hetero) is 1. The van der Waals surface area contributed by atoms with Crippen LogP contribution >= 0.6 is 0 Å². The van der Waals surface area contributed by atoms with Gasteiger partial charge in [-0.1, -0.05) is 12.1 Å². The van der Waals surface area contributed by atoms with Gasteiger partial charge in [-0.2, -0.15) is 0 Å². The third-order valence-corrected chi connectivity index (χ3v) is 3.43. The second kappa shape index (κ2) is 9.13. The Bertz CT molecular complexity index is 884. The minimum atomic E-state index is -1.03. The summed E-state index contributed by atoms with van der Waals surface area (Å²) in [5, 5.41) is 21.5. The first-order valence-corrected chi connectivity index (χ1v) is 7.72. The number of carbonyl (C=O) groups is 3. The Kier molecular flexibility index (Phi) is 7.22. The molecule has 10 nitrogen and oxygen atoms in total. The average molecular weight is 376 g/mol. The molecule has 0 fully saturated rings. The molecule has 0 saturated heterocycles. The largest absolute Gasteiger partial charge is 0.481 e. The fourth-order valence-electron chi connectivity index (χ4n) is 2.43. The number of para-hydroxylation sites is 1. The van der Waals surface area contributed by atoms with Gasteiger partial charge < -0.3 is 20.7 Å². The fraction of sp³-hybridized carbons (Fsp3) is 0.235. The molecule has 1 aromatic carbocycles. The van der Waals surface area contributed by atoms with E-state index in [4.69, 9.17) is 15.6 Å². The molecule has 1 heterocycles. The van der Waals surface area contributed by atoms with E-state index in [-0.39, 0.29) is 12.2 Å². The number of carbonyl (C=O) groups excluding carboxylic acids is 2. The van der Waals surface area contributed by atoms with Crippen molar-refractivity contribution in [3.63, 3.8) is 0 Å². The van der Waals surface area contributed by atoms with E-state index in [2.05, 4.69) is 5.32 Å². The number of ketones is 1. The maximum absolute atomic E-state index is 11.4. The van der Waals surface area contributed by atoms with Gasteiger partial charge in [0.15, 0.2) is 0 Å². The SMILES string of the molecule is CC(=O)O.Cc1cn(C)c(NCC(=O)C(N)=O)c1-c1ccccc1[N+](=O)[O-]. The molecule has 27 heavy (non-hydrogen) atoms. The van der Waals surface area contributed by atoms with Crippen LogP contribution in [-0.2, 0) is 21.4 Å². The summed E-state index contributed by atoms with van der Waals surface area (Å²) in [6.45, 7) is 2.62. The van der Waals surface area contributed by atoms with Crippen molar-refractivity contribution in [2.75, 3.05) is 11.9 Å². The Hall–Kier alpha value is -3.69. The molecule has 0 saturated carbocycles. The number of aromatic nitrogens is 1. The predicted octanol–water partition coefficient (Wildman–Crippen LogP) is 1.47. The zero-order valence-electron chi connectivity index (χ0n) is 15.1. The van der Waals surface area contributed by atoms with Crippen LogP contribution in [0.25, 0.3) is 11.1 Å². The molecule has 1 amide bonds. The third-order valence-electron chi connectivity index (χ3n) is 3.43. The van der Waals surface area contributed by atoms with Gasteiger partial charge in [-0.3, -0.25) is 24.5 Å². The van der Waals surface area contributed by atoms with Crippen LogP contribution in [0.5, 0.6) is 0 Å². The van der Waals surface area contributed by atoms with Crippen molar-refractivity contribution in [1.82, 2.24) is 4.57 Å². The molecule has 144 valence electrons. The number of nitro groups is 1. The number of nitrogens with two attached hydrogens (primary N) is 1. The van der Waals surface area contributed by atoms with E-state index in [9.17, 15) is 19.7 Å². The van der Waals surface area contributed by atoms with Crippen molar-refractivity contribution in [2.24, 2.45) is 12.8 Å². The Morgan fingerprint density at radius 2 is 1.85 bits per heavy atom. The molecule has 0 unspecified atom stereocenters. The number of benzene rings is 1. The highest BCUT2D eigenvalue weighted by Crippen LogP contribution is 2.37. The summed E-state index contributed by atoms with van der Waals surface area (Å²) < 4.78 is 1.70. The molecule has 2 aromatic rings. The molecule has 0 radical (unpaired) electrons. The molecule has 2 rings (SSSR count). The number of amides is 1. The van der Waals surface area contributed by atoms with Gasteiger partial charge in [0.25, 0.3) is 17.6 Å². The first-order chi connectivity index (χ1) is 12.6. The molecular formula is C17H20N4O6. The van der Waals surface area contributed by atoms with Gasteiger partial charge in [0, 0.05) is 31.8 Å². The van der Waals surface area contributed by atoms with Crippen LogP contribution < -0.4 is 11.1 Å². The second-order valence-electron chi connectivity index (χ2n) is 5.58. The molecule has 0 aliphatic heterocycles. The van der Waals surface area contributed by atoms with Crippen molar-refractivity contribution >= 4 is 29.2 Å². The lowest BCUT2D eigenvalue weighted by atomic mass is 10.0. The van der Waals surface area contributed by atoms with Gasteiger partial charge in [-0.15, -0.1) is 0 Å². The normalized spacial score (nSPS) is 9.74. The van der Waals surface area contributed by atoms with Gasteiger partial charge in [0.05, 0.1) is 17.0 Å². The highest BCUT2D eigenvalue weighted by molar-refractivity contribution is 6.36. The van der Waals surface area contributed by atoms with Gasteiger partial charge >= 0.3 is 0 Å². The van der Waals surface area contributed by atoms with Gasteiger partial charge in [0.1, 0.15) is 5.82 Å². The fourth-order valence-corrected chi connectivity index (χ4v) is 2.43. The minimum Gasteiger partial charge on any atom is -0.481 e. The molecular weight excluding hydrogens is 356 g/mol. The molecule has 0 aliphatic rings. The van der Waals surface area contributed by atoms with Crippen molar-refractivity contribution in [3.8, 4) is 11.1 Å². The molecule has 0 bridgehead atoms. The van der Waals surface area contributed by atoms with Crippen LogP contribution in [0.15, 0.2) is 30.5 Å². The lowest BCUT2D eigenvalue weighted by molar-refractivity contribution is -0.384. The Labute approximate surface area is 154 Å². The number of primary amides is 1. The first kappa shape index (κ1) is 21.4. The van der Waals surface area contributed by atoms with Crippen molar-refractivity contribution < 1.29 is 24.4 Å². The zero-order chi connectivity index (χ0) is 20.7. The van der Waals surface area contributed by atoms with E-state index in [0.717, 1.165) is 12.5 Å². The van der Waals surface area contributed by atoms with E-state index < -0.39 is 22.6 Å². The Morgan fingerprint density at radius 3 is 2.37 bits per heavy atom. The number of hydrogen-bond acceptors (Lipinski definition) is 6. The van der Waals surface area contributed by atoms with Crippen molar-refractivity contribution in [3.05, 3.63) is 46.1 Å². The number of carboxylic acid groups (broad SMARTS) is 1. The number of aliphatic carboxylic acids is 1. The van der Waals surface area contributed by atoms with Crippen molar-refractivity contribution in [2.45, 2.75) is 13.8 Å². The quantitative estimate of drug-likeness (QED) is 0.391. The number of nitrogens with one attached hydrogen (secondary N) is 1. The topological polar surface area (TPSA) is 158 Å². The number of anilines is 1. The summed E-state index contributed by atoms with van der Waals surface area (Å²) in [4.78, 5) is 42.0. The summed E-state index contributed by atoms with van der Waals surface area (Å²) in [7, 11) is 1.74. The average Bonchev–Trinajstić information content (AvgIpc) is 2.85. The van der Waals surface area contributed by atoms with Gasteiger partial charge in [0.2, 0.25) is 5.78 Å². The first-order valence-electron chi connectivity index (χ1n) is 7.72. The van der Waals surface area contributed by atoms with E-state index in [1.54, 1.807) is 36.0 Å². The summed E-state index contributed by atoms with van der Waals surface area (Å²) in [6.07, 6.45) is 1.78. The zero-order valence-corrected chi connectivity index (χ0v) is 15.1. The van der Waals surface area contributed by atoms with Crippen LogP contribution in [0.1, 0.15) is 12.5 Å². The lowest BCUT2D eigenvalue weighted by Gasteiger charge is -2.10. The second-order valence-corrected chi connectivity index (χ2v) is 5.58. The van der Waals surface area contributed by atoms with E-state index in [1.807, 2.05) is 6.92 Å². The van der Waals surface area contributed by atoms with Crippen LogP contribution in [0, 0.1) is 17.0 Å². The lowest BCUT2D eigenvalue weighted by Crippen LogP contribution is -2.29. The van der Waals surface area contributed by atoms with Crippen LogP contribution in [-0.4, -0.2) is 38.8 Å². The van der Waals surface area contributed by atoms with E-state index >= 15 is 0 Å². The third kappa shape index (κ3) is 5.66. The summed E-state index contributed by atoms with van der Waals surface area (Å²) in [5.74, 6) is -2.13. The minimum absolute atomic E-state index is 0.0360. The maximum atomic E-state index is 11.4. The van der Waals surface area contributed by atoms with Crippen LogP contribution in [0.2, 0.25) is 0 Å². The van der Waals surface area contributed by atoms with E-state index in [1.165, 1.54) is 6.07 Å². The summed E-state index contributed by atoms with van der Waals surface area (Å²) in [5.41, 5.74) is 6.74. The molecule has 4 N–H and O–H groups in total. The van der Waals surface area contributed by atoms with Crippen molar-refractivity contribution in [1.29, 1.82) is 0 Å².